The molecule has 3 N–H and O–H groups in total. The third-order valence-electron chi connectivity index (χ3n) is 4.53. The van der Waals surface area contributed by atoms with Crippen molar-refractivity contribution in [3.05, 3.63) is 107 Å². The van der Waals surface area contributed by atoms with Crippen molar-refractivity contribution in [1.82, 2.24) is 0 Å². The molecule has 0 fully saturated rings. The summed E-state index contributed by atoms with van der Waals surface area (Å²) in [7, 11) is 0. The van der Waals surface area contributed by atoms with E-state index in [2.05, 4.69) is 13.0 Å². The molecule has 0 amide bonds. The van der Waals surface area contributed by atoms with Gasteiger partial charge in [0.15, 0.2) is 0 Å². The standard InChI is InChI=1S/C17H21NO.C7H7.BrH.Mg/c1-12-4-8-15(9-5-12)17(19,14(3)18)16-10-6-13(2)7-11-16;1-7-5-3-2-4-6-7;;/h4-11,14,19H,18H2,1-3H3;3-6H,1H3;1H;/q;-1;;+2/p-1/t14-;;;/m0.../s1. The van der Waals surface area contributed by atoms with Crippen LogP contribution < -0.4 is 22.7 Å². The van der Waals surface area contributed by atoms with Gasteiger partial charge in [-0.3, -0.25) is 0 Å². The molecule has 0 saturated carbocycles. The Balaban J connectivity index is 0.000000690. The van der Waals surface area contributed by atoms with E-state index in [0.29, 0.717) is 0 Å². The van der Waals surface area contributed by atoms with Gasteiger partial charge in [-0.1, -0.05) is 66.6 Å². The molecule has 0 radical (unpaired) electrons. The minimum Gasteiger partial charge on any atom is -1.00 e. The Morgan fingerprint density at radius 1 is 0.750 bits per heavy atom. The van der Waals surface area contributed by atoms with E-state index >= 15 is 0 Å². The number of benzene rings is 3. The molecule has 4 heteroatoms. The van der Waals surface area contributed by atoms with Gasteiger partial charge in [-0.05, 0) is 31.9 Å². The molecule has 1 atom stereocenters. The van der Waals surface area contributed by atoms with Gasteiger partial charge in [0.25, 0.3) is 0 Å². The van der Waals surface area contributed by atoms with Crippen molar-refractivity contribution >= 4 is 23.1 Å². The Bertz CT molecular complexity index is 757. The third-order valence-corrected chi connectivity index (χ3v) is 4.53. The van der Waals surface area contributed by atoms with Crippen LogP contribution in [0.3, 0.4) is 0 Å². The van der Waals surface area contributed by atoms with Gasteiger partial charge in [0.05, 0.1) is 0 Å². The maximum Gasteiger partial charge on any atom is 2.00 e. The number of hydrogen-bond donors (Lipinski definition) is 2. The van der Waals surface area contributed by atoms with Gasteiger partial charge in [0, 0.05) is 6.04 Å². The summed E-state index contributed by atoms with van der Waals surface area (Å²) in [4.78, 5) is 0. The van der Waals surface area contributed by atoms with Gasteiger partial charge in [-0.15, -0.1) is 0 Å². The van der Waals surface area contributed by atoms with Crippen LogP contribution in [-0.4, -0.2) is 34.2 Å². The van der Waals surface area contributed by atoms with Crippen LogP contribution in [0.2, 0.25) is 0 Å². The Morgan fingerprint density at radius 2 is 1.07 bits per heavy atom. The van der Waals surface area contributed by atoms with Crippen LogP contribution in [0.4, 0.5) is 0 Å². The predicted molar refractivity (Wildman–Crippen MR) is 115 cm³/mol. The molecule has 0 aliphatic heterocycles. The van der Waals surface area contributed by atoms with Crippen LogP contribution in [0, 0.1) is 26.8 Å². The van der Waals surface area contributed by atoms with Crippen molar-refractivity contribution in [3.8, 4) is 0 Å². The zero-order valence-corrected chi connectivity index (χ0v) is 20.1. The molecule has 0 saturated heterocycles. The molecule has 28 heavy (non-hydrogen) atoms. The predicted octanol–water partition coefficient (Wildman–Crippen LogP) is 1.30. The van der Waals surface area contributed by atoms with Gasteiger partial charge in [-0.2, -0.15) is 35.9 Å². The molecule has 3 aromatic carbocycles. The van der Waals surface area contributed by atoms with Gasteiger partial charge in [0.1, 0.15) is 5.60 Å². The quantitative estimate of drug-likeness (QED) is 0.467. The first-order valence-corrected chi connectivity index (χ1v) is 8.89. The maximum atomic E-state index is 11.1. The van der Waals surface area contributed by atoms with Gasteiger partial charge >= 0.3 is 23.1 Å². The first-order valence-electron chi connectivity index (χ1n) is 8.89. The Labute approximate surface area is 196 Å². The van der Waals surface area contributed by atoms with Crippen molar-refractivity contribution in [2.45, 2.75) is 39.3 Å². The number of rotatable bonds is 3. The fraction of sp³-hybridized carbons (Fsp3) is 0.250. The minimum absolute atomic E-state index is 0. The molecule has 0 aliphatic carbocycles. The zero-order valence-electron chi connectivity index (χ0n) is 17.1. The summed E-state index contributed by atoms with van der Waals surface area (Å²) in [6, 6.07) is 26.2. The van der Waals surface area contributed by atoms with Crippen molar-refractivity contribution in [2.75, 3.05) is 0 Å². The fourth-order valence-corrected chi connectivity index (χ4v) is 2.78. The normalized spacial score (nSPS) is 11.2. The number of hydrogen-bond acceptors (Lipinski definition) is 2. The molecule has 2 nitrogen and oxygen atoms in total. The largest absolute Gasteiger partial charge is 2.00 e. The van der Waals surface area contributed by atoms with Crippen LogP contribution in [0.25, 0.3) is 0 Å². The second kappa shape index (κ2) is 12.4. The van der Waals surface area contributed by atoms with E-state index in [4.69, 9.17) is 5.73 Å². The average Bonchev–Trinajstić information content (AvgIpc) is 2.63. The van der Waals surface area contributed by atoms with Crippen molar-refractivity contribution in [2.24, 2.45) is 5.73 Å². The molecule has 0 bridgehead atoms. The molecule has 3 rings (SSSR count). The van der Waals surface area contributed by atoms with Crippen LogP contribution in [0.15, 0.2) is 72.8 Å². The molecule has 3 aromatic rings. The van der Waals surface area contributed by atoms with Crippen molar-refractivity contribution in [1.29, 1.82) is 0 Å². The second-order valence-corrected chi connectivity index (χ2v) is 6.86. The molecular weight excluding hydrogens is 422 g/mol. The third kappa shape index (κ3) is 7.01. The van der Waals surface area contributed by atoms with Crippen LogP contribution in [-0.2, 0) is 5.60 Å². The van der Waals surface area contributed by atoms with Crippen molar-refractivity contribution in [3.63, 3.8) is 0 Å². The molecule has 0 aromatic heterocycles. The molecular formula is C24H28BrMgNO. The van der Waals surface area contributed by atoms with Gasteiger partial charge in [-0.25, -0.2) is 0 Å². The number of aryl methyl sites for hydroxylation is 3. The van der Waals surface area contributed by atoms with Gasteiger partial charge in [0.2, 0.25) is 0 Å². The summed E-state index contributed by atoms with van der Waals surface area (Å²) in [5, 5.41) is 11.1. The summed E-state index contributed by atoms with van der Waals surface area (Å²) in [6.45, 7) is 7.95. The summed E-state index contributed by atoms with van der Waals surface area (Å²) in [6.07, 6.45) is 0. The summed E-state index contributed by atoms with van der Waals surface area (Å²) in [5.74, 6) is 0. The van der Waals surface area contributed by atoms with E-state index in [0.717, 1.165) is 11.1 Å². The summed E-state index contributed by atoms with van der Waals surface area (Å²) >= 11 is 0. The molecule has 144 valence electrons. The van der Waals surface area contributed by atoms with E-state index in [9.17, 15) is 5.11 Å². The Hall–Kier alpha value is -1.17. The molecule has 0 aliphatic rings. The summed E-state index contributed by atoms with van der Waals surface area (Å²) < 4.78 is 0. The van der Waals surface area contributed by atoms with Crippen LogP contribution in [0.1, 0.15) is 34.7 Å². The molecule has 0 heterocycles. The SMILES string of the molecule is Cc1cc[c-]cc1.Cc1ccc(C(O)(c2ccc(C)cc2)[C@H](C)N)cc1.[Br-].[Mg+2]. The summed E-state index contributed by atoms with van der Waals surface area (Å²) in [5.41, 5.74) is 10.2. The van der Waals surface area contributed by atoms with Crippen molar-refractivity contribution < 1.29 is 22.1 Å². The van der Waals surface area contributed by atoms with E-state index in [1.54, 1.807) is 0 Å². The molecule has 0 spiro atoms. The first kappa shape index (κ1) is 26.8. The fourth-order valence-electron chi connectivity index (χ4n) is 2.78. The first-order chi connectivity index (χ1) is 12.3. The van der Waals surface area contributed by atoms with Gasteiger partial charge < -0.3 is 27.8 Å². The average molecular weight is 451 g/mol. The Morgan fingerprint density at radius 3 is 1.32 bits per heavy atom. The van der Waals surface area contributed by atoms with Crippen LogP contribution in [0.5, 0.6) is 0 Å². The number of nitrogens with two attached hydrogens (primary N) is 1. The van der Waals surface area contributed by atoms with E-state index < -0.39 is 11.6 Å². The monoisotopic (exact) mass is 449 g/mol. The number of aliphatic hydroxyl groups is 1. The second-order valence-electron chi connectivity index (χ2n) is 6.86. The zero-order chi connectivity index (χ0) is 19.2. The van der Waals surface area contributed by atoms with Crippen LogP contribution >= 0.6 is 0 Å². The molecule has 0 unspecified atom stereocenters. The topological polar surface area (TPSA) is 46.2 Å². The van der Waals surface area contributed by atoms with E-state index in [-0.39, 0.29) is 40.0 Å². The van der Waals surface area contributed by atoms with E-state index in [1.165, 1.54) is 16.7 Å². The van der Waals surface area contributed by atoms with E-state index in [1.807, 2.05) is 93.6 Å². The maximum absolute atomic E-state index is 11.1. The Kier molecular flexibility index (Phi) is 11.9. The minimum atomic E-state index is -1.15. The number of halogens is 1. The smallest absolute Gasteiger partial charge is 1.00 e.